The van der Waals surface area contributed by atoms with Crippen molar-refractivity contribution in [3.8, 4) is 0 Å². The summed E-state index contributed by atoms with van der Waals surface area (Å²) in [5, 5.41) is 13.1. The number of carboxylic acid groups (broad SMARTS) is 1. The van der Waals surface area contributed by atoms with E-state index in [1.165, 1.54) is 23.5 Å². The lowest BCUT2D eigenvalue weighted by Gasteiger charge is -2.03. The second-order valence-electron chi connectivity index (χ2n) is 3.56. The molecule has 0 saturated heterocycles. The van der Waals surface area contributed by atoms with Crippen LogP contribution in [0.1, 0.15) is 26.4 Å². The summed E-state index contributed by atoms with van der Waals surface area (Å²) in [5.41, 5.74) is 3.05. The van der Waals surface area contributed by atoms with Gasteiger partial charge in [0.2, 0.25) is 0 Å². The van der Waals surface area contributed by atoms with Crippen molar-refractivity contribution in [2.75, 3.05) is 0 Å². The van der Waals surface area contributed by atoms with Crippen LogP contribution in [0.15, 0.2) is 35.2 Å². The number of hydrogen-bond acceptors (Lipinski definition) is 4. The molecule has 2 aromatic rings. The van der Waals surface area contributed by atoms with E-state index in [2.05, 4.69) is 10.3 Å². The highest BCUT2D eigenvalue weighted by Gasteiger charge is 2.07. The number of aromatic carboxylic acids is 1. The zero-order valence-electron chi connectivity index (χ0n) is 9.29. The van der Waals surface area contributed by atoms with E-state index in [-0.39, 0.29) is 11.5 Å². The van der Waals surface area contributed by atoms with Crippen LogP contribution in [-0.2, 0) is 6.54 Å². The largest absolute Gasteiger partial charge is 0.478 e. The van der Waals surface area contributed by atoms with E-state index < -0.39 is 5.97 Å². The van der Waals surface area contributed by atoms with Crippen molar-refractivity contribution in [1.29, 1.82) is 0 Å². The molecule has 0 radical (unpaired) electrons. The minimum absolute atomic E-state index is 0.226. The second-order valence-corrected chi connectivity index (χ2v) is 4.28. The van der Waals surface area contributed by atoms with Crippen molar-refractivity contribution in [3.05, 3.63) is 52.0 Å². The monoisotopic (exact) mass is 262 g/mol. The molecule has 1 heterocycles. The van der Waals surface area contributed by atoms with Gasteiger partial charge in [0.25, 0.3) is 5.91 Å². The number of nitrogens with one attached hydrogen (secondary N) is 1. The Labute approximate surface area is 107 Å². The summed E-state index contributed by atoms with van der Waals surface area (Å²) in [7, 11) is 0. The topological polar surface area (TPSA) is 79.3 Å². The van der Waals surface area contributed by atoms with Gasteiger partial charge in [-0.25, -0.2) is 9.78 Å². The number of amides is 1. The predicted molar refractivity (Wildman–Crippen MR) is 66.7 cm³/mol. The third-order valence-electron chi connectivity index (χ3n) is 2.32. The van der Waals surface area contributed by atoms with Crippen molar-refractivity contribution in [2.45, 2.75) is 6.54 Å². The minimum Gasteiger partial charge on any atom is -0.478 e. The molecule has 0 unspecified atom stereocenters. The van der Waals surface area contributed by atoms with Gasteiger partial charge in [-0.3, -0.25) is 4.79 Å². The molecular weight excluding hydrogens is 252 g/mol. The predicted octanol–water partition coefficient (Wildman–Crippen LogP) is 1.77. The normalized spacial score (nSPS) is 10.0. The molecule has 1 aromatic heterocycles. The Bertz CT molecular complexity index is 549. The van der Waals surface area contributed by atoms with Crippen LogP contribution in [0.5, 0.6) is 0 Å². The zero-order chi connectivity index (χ0) is 13.0. The van der Waals surface area contributed by atoms with Gasteiger partial charge in [0.1, 0.15) is 5.69 Å². The summed E-state index contributed by atoms with van der Waals surface area (Å²) in [4.78, 5) is 26.1. The SMILES string of the molecule is O=C(O)c1ccc(CNC(=O)c2cscn2)cc1. The fourth-order valence-electron chi connectivity index (χ4n) is 1.36. The summed E-state index contributed by atoms with van der Waals surface area (Å²) in [6.45, 7) is 0.344. The summed E-state index contributed by atoms with van der Waals surface area (Å²) in [6.07, 6.45) is 0. The van der Waals surface area contributed by atoms with Gasteiger partial charge in [0, 0.05) is 11.9 Å². The Hall–Kier alpha value is -2.21. The molecule has 0 spiro atoms. The number of hydrogen-bond donors (Lipinski definition) is 2. The molecule has 0 aliphatic carbocycles. The number of aromatic nitrogens is 1. The fraction of sp³-hybridized carbons (Fsp3) is 0.0833. The molecule has 2 rings (SSSR count). The smallest absolute Gasteiger partial charge is 0.335 e. The van der Waals surface area contributed by atoms with Crippen molar-refractivity contribution in [1.82, 2.24) is 10.3 Å². The van der Waals surface area contributed by atoms with Crippen LogP contribution >= 0.6 is 11.3 Å². The van der Waals surface area contributed by atoms with Crippen molar-refractivity contribution in [2.24, 2.45) is 0 Å². The first-order valence-corrected chi connectivity index (χ1v) is 6.10. The van der Waals surface area contributed by atoms with Gasteiger partial charge in [-0.05, 0) is 17.7 Å². The highest BCUT2D eigenvalue weighted by molar-refractivity contribution is 7.07. The van der Waals surface area contributed by atoms with Crippen LogP contribution < -0.4 is 5.32 Å². The van der Waals surface area contributed by atoms with E-state index in [1.807, 2.05) is 0 Å². The van der Waals surface area contributed by atoms with Crippen molar-refractivity contribution >= 4 is 23.2 Å². The summed E-state index contributed by atoms with van der Waals surface area (Å²) in [6, 6.07) is 6.36. The number of thiazole rings is 1. The summed E-state index contributed by atoms with van der Waals surface area (Å²) < 4.78 is 0. The van der Waals surface area contributed by atoms with Crippen LogP contribution in [0.25, 0.3) is 0 Å². The quantitative estimate of drug-likeness (QED) is 0.880. The molecule has 5 nitrogen and oxygen atoms in total. The van der Waals surface area contributed by atoms with E-state index >= 15 is 0 Å². The molecule has 0 atom stereocenters. The lowest BCUT2D eigenvalue weighted by molar-refractivity contribution is 0.0696. The average molecular weight is 262 g/mol. The van der Waals surface area contributed by atoms with Gasteiger partial charge in [-0.2, -0.15) is 0 Å². The number of carbonyl (C=O) groups excluding carboxylic acids is 1. The molecule has 92 valence electrons. The molecule has 0 aliphatic heterocycles. The number of carboxylic acids is 1. The van der Waals surface area contributed by atoms with Crippen LogP contribution in [0.2, 0.25) is 0 Å². The van der Waals surface area contributed by atoms with Crippen LogP contribution in [0.4, 0.5) is 0 Å². The van der Waals surface area contributed by atoms with Crippen LogP contribution in [-0.4, -0.2) is 22.0 Å². The molecule has 1 aromatic carbocycles. The van der Waals surface area contributed by atoms with Crippen LogP contribution in [0, 0.1) is 0 Å². The molecule has 0 fully saturated rings. The van der Waals surface area contributed by atoms with Gasteiger partial charge >= 0.3 is 5.97 Å². The number of rotatable bonds is 4. The molecule has 1 amide bonds. The molecular formula is C12H10N2O3S. The lowest BCUT2D eigenvalue weighted by atomic mass is 10.1. The van der Waals surface area contributed by atoms with E-state index in [9.17, 15) is 9.59 Å². The number of nitrogens with zero attached hydrogens (tertiary/aromatic N) is 1. The molecule has 18 heavy (non-hydrogen) atoms. The average Bonchev–Trinajstić information content (AvgIpc) is 2.90. The third kappa shape index (κ3) is 2.92. The first kappa shape index (κ1) is 12.3. The van der Waals surface area contributed by atoms with Gasteiger partial charge in [-0.15, -0.1) is 11.3 Å². The summed E-state index contributed by atoms with van der Waals surface area (Å²) in [5.74, 6) is -1.20. The second kappa shape index (κ2) is 5.42. The minimum atomic E-state index is -0.965. The van der Waals surface area contributed by atoms with Crippen molar-refractivity contribution < 1.29 is 14.7 Å². The number of benzene rings is 1. The number of carbonyl (C=O) groups is 2. The first-order chi connectivity index (χ1) is 8.66. The first-order valence-electron chi connectivity index (χ1n) is 5.15. The molecule has 0 bridgehead atoms. The molecule has 0 aliphatic rings. The zero-order valence-corrected chi connectivity index (χ0v) is 10.1. The van der Waals surface area contributed by atoms with E-state index in [0.717, 1.165) is 5.56 Å². The highest BCUT2D eigenvalue weighted by atomic mass is 32.1. The van der Waals surface area contributed by atoms with E-state index in [1.54, 1.807) is 23.0 Å². The maximum atomic E-state index is 11.6. The summed E-state index contributed by atoms with van der Waals surface area (Å²) >= 11 is 1.36. The van der Waals surface area contributed by atoms with Gasteiger partial charge < -0.3 is 10.4 Å². The Morgan fingerprint density at radius 3 is 2.56 bits per heavy atom. The van der Waals surface area contributed by atoms with Gasteiger partial charge in [-0.1, -0.05) is 12.1 Å². The Morgan fingerprint density at radius 2 is 2.00 bits per heavy atom. The molecule has 2 N–H and O–H groups in total. The van der Waals surface area contributed by atoms with E-state index in [0.29, 0.717) is 12.2 Å². The molecule has 6 heteroatoms. The Kier molecular flexibility index (Phi) is 3.69. The maximum Gasteiger partial charge on any atom is 0.335 e. The van der Waals surface area contributed by atoms with Gasteiger partial charge in [0.15, 0.2) is 0 Å². The highest BCUT2D eigenvalue weighted by Crippen LogP contribution is 2.05. The maximum absolute atomic E-state index is 11.6. The van der Waals surface area contributed by atoms with Crippen LogP contribution in [0.3, 0.4) is 0 Å². The third-order valence-corrected chi connectivity index (χ3v) is 2.91. The Balaban J connectivity index is 1.94. The lowest BCUT2D eigenvalue weighted by Crippen LogP contribution is -2.23. The molecule has 0 saturated carbocycles. The Morgan fingerprint density at radius 1 is 1.28 bits per heavy atom. The van der Waals surface area contributed by atoms with Gasteiger partial charge in [0.05, 0.1) is 11.1 Å². The standard InChI is InChI=1S/C12H10N2O3S/c15-11(10-6-18-7-14-10)13-5-8-1-3-9(4-2-8)12(16)17/h1-4,6-7H,5H2,(H,13,15)(H,16,17). The van der Waals surface area contributed by atoms with Crippen molar-refractivity contribution in [3.63, 3.8) is 0 Å². The fourth-order valence-corrected chi connectivity index (χ4v) is 1.89. The van der Waals surface area contributed by atoms with E-state index in [4.69, 9.17) is 5.11 Å².